The number of halogens is 2. The van der Waals surface area contributed by atoms with Crippen LogP contribution < -0.4 is 10.6 Å². The highest BCUT2D eigenvalue weighted by Gasteiger charge is 2.38. The lowest BCUT2D eigenvalue weighted by molar-refractivity contribution is -0.116. The molecule has 0 spiro atoms. The molecule has 1 fully saturated rings. The van der Waals surface area contributed by atoms with Gasteiger partial charge in [0.2, 0.25) is 5.91 Å². The highest BCUT2D eigenvalue weighted by molar-refractivity contribution is 6.31. The summed E-state index contributed by atoms with van der Waals surface area (Å²) < 4.78 is 19.1. The molecule has 2 N–H and O–H groups in total. The fraction of sp³-hybridized carbons (Fsp3) is 0.323. The van der Waals surface area contributed by atoms with Crippen molar-refractivity contribution in [2.45, 2.75) is 44.8 Å². The van der Waals surface area contributed by atoms with Crippen LogP contribution in [-0.4, -0.2) is 42.1 Å². The van der Waals surface area contributed by atoms with Crippen LogP contribution in [0.3, 0.4) is 0 Å². The highest BCUT2D eigenvalue weighted by atomic mass is 35.5. The summed E-state index contributed by atoms with van der Waals surface area (Å²) in [5.41, 5.74) is 2.69. The summed E-state index contributed by atoms with van der Waals surface area (Å²) in [5.74, 6) is -0.863. The quantitative estimate of drug-likeness (QED) is 0.359. The van der Waals surface area contributed by atoms with Gasteiger partial charge in [0.15, 0.2) is 0 Å². The van der Waals surface area contributed by atoms with Crippen molar-refractivity contribution < 1.29 is 18.7 Å². The lowest BCUT2D eigenvalue weighted by Gasteiger charge is -2.43. The fourth-order valence-corrected chi connectivity index (χ4v) is 4.92. The molecule has 9 heteroatoms. The Labute approximate surface area is 238 Å². The Morgan fingerprint density at radius 1 is 1.05 bits per heavy atom. The van der Waals surface area contributed by atoms with E-state index in [1.165, 1.54) is 18.2 Å². The van der Waals surface area contributed by atoms with E-state index in [4.69, 9.17) is 16.3 Å². The summed E-state index contributed by atoms with van der Waals surface area (Å²) in [6.07, 6.45) is 0.760. The number of carbonyl (C=O) groups is 2. The Morgan fingerprint density at radius 2 is 1.75 bits per heavy atom. The molecule has 2 amide bonds. The third-order valence-electron chi connectivity index (χ3n) is 6.82. The number of nitrogens with one attached hydrogen (secondary N) is 2. The zero-order chi connectivity index (χ0) is 28.9. The molecule has 208 valence electrons. The van der Waals surface area contributed by atoms with Gasteiger partial charge in [-0.25, -0.2) is 9.18 Å². The minimum atomic E-state index is -0.593. The van der Waals surface area contributed by atoms with E-state index < -0.39 is 17.0 Å². The molecule has 0 radical (unpaired) electrons. The minimum absolute atomic E-state index is 0.00655. The molecule has 7 nitrogen and oxygen atoms in total. The molecule has 0 atom stereocenters. The number of benzene rings is 3. The Hall–Kier alpha value is -3.93. The van der Waals surface area contributed by atoms with Crippen LogP contribution in [0.5, 0.6) is 0 Å². The Bertz CT molecular complexity index is 1420. The molecule has 0 bridgehead atoms. The van der Waals surface area contributed by atoms with Crippen LogP contribution in [0, 0.1) is 17.1 Å². The number of rotatable bonds is 6. The first-order chi connectivity index (χ1) is 19.0. The maximum absolute atomic E-state index is 13.5. The lowest BCUT2D eigenvalue weighted by Crippen LogP contribution is -2.54. The Morgan fingerprint density at radius 3 is 2.38 bits per heavy atom. The second kappa shape index (κ2) is 12.1. The Kier molecular flexibility index (Phi) is 8.77. The first-order valence-corrected chi connectivity index (χ1v) is 13.4. The average molecular weight is 563 g/mol. The van der Waals surface area contributed by atoms with E-state index in [-0.39, 0.29) is 23.6 Å². The third kappa shape index (κ3) is 7.17. The summed E-state index contributed by atoms with van der Waals surface area (Å²) in [6.45, 7) is 6.39. The van der Waals surface area contributed by atoms with E-state index in [1.54, 1.807) is 11.0 Å². The standard InChI is InChI=1S/C31H32ClFN4O3/c1-30(2,3)40-29(39)37-15-13-31(14-16-37,35-20-28(38)36-25-11-12-27(33)26(32)18-25)24-9-7-22(8-10-24)23-6-4-5-21(17-23)19-34/h4-12,17-18,35H,13-16,20H2,1-3H3,(H,36,38). The number of anilines is 1. The molecule has 4 rings (SSSR count). The predicted molar refractivity (Wildman–Crippen MR) is 153 cm³/mol. The van der Waals surface area contributed by atoms with E-state index in [2.05, 4.69) is 16.7 Å². The molecule has 1 saturated heterocycles. The van der Waals surface area contributed by atoms with Gasteiger partial charge in [0.05, 0.1) is 23.2 Å². The van der Waals surface area contributed by atoms with E-state index in [0.717, 1.165) is 16.7 Å². The molecule has 0 aliphatic carbocycles. The third-order valence-corrected chi connectivity index (χ3v) is 7.11. The van der Waals surface area contributed by atoms with Crippen molar-refractivity contribution in [3.05, 3.63) is 88.7 Å². The Balaban J connectivity index is 1.53. The molecule has 1 aliphatic heterocycles. The van der Waals surface area contributed by atoms with Gasteiger partial charge in [0.25, 0.3) is 0 Å². The van der Waals surface area contributed by atoms with Crippen molar-refractivity contribution >= 4 is 29.3 Å². The van der Waals surface area contributed by atoms with Gasteiger partial charge in [-0.15, -0.1) is 0 Å². The number of hydrogen-bond donors (Lipinski definition) is 2. The number of nitrogens with zero attached hydrogens (tertiary/aromatic N) is 2. The summed E-state index contributed by atoms with van der Waals surface area (Å²) in [5, 5.41) is 15.4. The summed E-state index contributed by atoms with van der Waals surface area (Å²) in [7, 11) is 0. The molecule has 1 heterocycles. The molecule has 40 heavy (non-hydrogen) atoms. The topological polar surface area (TPSA) is 94.5 Å². The summed E-state index contributed by atoms with van der Waals surface area (Å²) >= 11 is 5.85. The van der Waals surface area contributed by atoms with Gasteiger partial charge in [-0.2, -0.15) is 5.26 Å². The smallest absolute Gasteiger partial charge is 0.410 e. The second-order valence-electron chi connectivity index (χ2n) is 10.9. The molecule has 0 aromatic heterocycles. The first kappa shape index (κ1) is 29.1. The molecule has 3 aromatic rings. The van der Waals surface area contributed by atoms with E-state index in [1.807, 2.05) is 63.2 Å². The van der Waals surface area contributed by atoms with Crippen molar-refractivity contribution in [3.63, 3.8) is 0 Å². The van der Waals surface area contributed by atoms with Crippen LogP contribution in [0.4, 0.5) is 14.9 Å². The van der Waals surface area contributed by atoms with Crippen molar-refractivity contribution in [1.29, 1.82) is 5.26 Å². The number of nitriles is 1. The fourth-order valence-electron chi connectivity index (χ4n) is 4.74. The van der Waals surface area contributed by atoms with Crippen LogP contribution in [-0.2, 0) is 15.1 Å². The van der Waals surface area contributed by atoms with Gasteiger partial charge in [-0.05, 0) is 80.6 Å². The van der Waals surface area contributed by atoms with Crippen LogP contribution in [0.2, 0.25) is 5.02 Å². The number of likely N-dealkylation sites (tertiary alicyclic amines) is 1. The van der Waals surface area contributed by atoms with Gasteiger partial charge in [0.1, 0.15) is 11.4 Å². The van der Waals surface area contributed by atoms with Gasteiger partial charge in [-0.3, -0.25) is 10.1 Å². The zero-order valence-corrected chi connectivity index (χ0v) is 23.5. The van der Waals surface area contributed by atoms with E-state index in [9.17, 15) is 19.2 Å². The van der Waals surface area contributed by atoms with Gasteiger partial charge < -0.3 is 15.0 Å². The van der Waals surface area contributed by atoms with E-state index in [0.29, 0.717) is 37.2 Å². The minimum Gasteiger partial charge on any atom is -0.444 e. The molecule has 0 unspecified atom stereocenters. The lowest BCUT2D eigenvalue weighted by atomic mass is 9.80. The van der Waals surface area contributed by atoms with Crippen molar-refractivity contribution in [3.8, 4) is 17.2 Å². The maximum Gasteiger partial charge on any atom is 0.410 e. The van der Waals surface area contributed by atoms with Gasteiger partial charge in [-0.1, -0.05) is 48.0 Å². The van der Waals surface area contributed by atoms with Crippen LogP contribution in [0.15, 0.2) is 66.7 Å². The largest absolute Gasteiger partial charge is 0.444 e. The highest BCUT2D eigenvalue weighted by Crippen LogP contribution is 2.35. The van der Waals surface area contributed by atoms with Crippen molar-refractivity contribution in [2.75, 3.05) is 25.0 Å². The molecule has 0 saturated carbocycles. The second-order valence-corrected chi connectivity index (χ2v) is 11.3. The molecular formula is C31H32ClFN4O3. The van der Waals surface area contributed by atoms with Gasteiger partial charge in [0, 0.05) is 24.3 Å². The molecular weight excluding hydrogens is 531 g/mol. The monoisotopic (exact) mass is 562 g/mol. The van der Waals surface area contributed by atoms with E-state index >= 15 is 0 Å². The number of carbonyl (C=O) groups excluding carboxylic acids is 2. The number of piperidine rings is 1. The summed E-state index contributed by atoms with van der Waals surface area (Å²) in [6, 6.07) is 21.6. The number of hydrogen-bond acceptors (Lipinski definition) is 5. The van der Waals surface area contributed by atoms with Crippen molar-refractivity contribution in [2.24, 2.45) is 0 Å². The van der Waals surface area contributed by atoms with Crippen LogP contribution in [0.1, 0.15) is 44.7 Å². The van der Waals surface area contributed by atoms with Crippen LogP contribution in [0.25, 0.3) is 11.1 Å². The zero-order valence-electron chi connectivity index (χ0n) is 22.8. The number of ether oxygens (including phenoxy) is 1. The number of amides is 2. The maximum atomic E-state index is 13.5. The SMILES string of the molecule is CC(C)(C)OC(=O)N1CCC(NCC(=O)Nc2ccc(F)c(Cl)c2)(c2ccc(-c3cccc(C#N)c3)cc2)CC1. The van der Waals surface area contributed by atoms with Crippen LogP contribution >= 0.6 is 11.6 Å². The van der Waals surface area contributed by atoms with Crippen molar-refractivity contribution in [1.82, 2.24) is 10.2 Å². The first-order valence-electron chi connectivity index (χ1n) is 13.1. The summed E-state index contributed by atoms with van der Waals surface area (Å²) in [4.78, 5) is 27.2. The normalized spacial score (nSPS) is 14.8. The molecule has 3 aromatic carbocycles. The predicted octanol–water partition coefficient (Wildman–Crippen LogP) is 6.47. The average Bonchev–Trinajstić information content (AvgIpc) is 2.93. The molecule has 1 aliphatic rings. The van der Waals surface area contributed by atoms with Gasteiger partial charge >= 0.3 is 6.09 Å².